The van der Waals surface area contributed by atoms with Crippen LogP contribution in [-0.2, 0) is 14.3 Å². The summed E-state index contributed by atoms with van der Waals surface area (Å²) in [5, 5.41) is 23.7. The smallest absolute Gasteiger partial charge is 0.306 e. The predicted octanol–water partition coefficient (Wildman–Crippen LogP) is 14.6. The molecule has 56 heavy (non-hydrogen) atoms. The van der Waals surface area contributed by atoms with Crippen molar-refractivity contribution in [1.82, 2.24) is 5.32 Å². The van der Waals surface area contributed by atoms with E-state index in [1.165, 1.54) is 167 Å². The zero-order valence-corrected chi connectivity index (χ0v) is 37.8. The highest BCUT2D eigenvalue weighted by Crippen LogP contribution is 2.18. The van der Waals surface area contributed by atoms with Gasteiger partial charge in [0.1, 0.15) is 6.10 Å². The van der Waals surface area contributed by atoms with Crippen LogP contribution in [0.2, 0.25) is 0 Å². The van der Waals surface area contributed by atoms with Crippen molar-refractivity contribution >= 4 is 11.9 Å². The van der Waals surface area contributed by atoms with Gasteiger partial charge in [-0.05, 0) is 51.4 Å². The molecule has 332 valence electrons. The summed E-state index contributed by atoms with van der Waals surface area (Å²) in [6.45, 7) is 6.47. The minimum absolute atomic E-state index is 0.0735. The molecule has 6 nitrogen and oxygen atoms in total. The van der Waals surface area contributed by atoms with E-state index in [4.69, 9.17) is 4.74 Å². The van der Waals surface area contributed by atoms with Gasteiger partial charge in [-0.25, -0.2) is 0 Å². The number of carbonyl (C=O) groups excluding carboxylic acids is 2. The normalized spacial score (nSPS) is 13.3. The van der Waals surface area contributed by atoms with Crippen LogP contribution < -0.4 is 5.32 Å². The second-order valence-electron chi connectivity index (χ2n) is 17.2. The fourth-order valence-electron chi connectivity index (χ4n) is 7.78. The molecule has 0 bridgehead atoms. The number of hydrogen-bond acceptors (Lipinski definition) is 5. The molecule has 0 saturated heterocycles. The lowest BCUT2D eigenvalue weighted by atomic mass is 10.0. The Bertz CT molecular complexity index is 847. The molecule has 0 aromatic heterocycles. The monoisotopic (exact) mass is 792 g/mol. The third-order valence-corrected chi connectivity index (χ3v) is 11.6. The van der Waals surface area contributed by atoms with E-state index >= 15 is 0 Å². The molecule has 3 N–H and O–H groups in total. The largest absolute Gasteiger partial charge is 0.462 e. The van der Waals surface area contributed by atoms with Gasteiger partial charge in [0.2, 0.25) is 5.91 Å². The van der Waals surface area contributed by atoms with E-state index < -0.39 is 18.2 Å². The van der Waals surface area contributed by atoms with Gasteiger partial charge in [0.15, 0.2) is 0 Å². The third-order valence-electron chi connectivity index (χ3n) is 11.6. The molecule has 0 saturated carbocycles. The van der Waals surface area contributed by atoms with Crippen molar-refractivity contribution in [3.63, 3.8) is 0 Å². The highest BCUT2D eigenvalue weighted by Gasteiger charge is 2.24. The highest BCUT2D eigenvalue weighted by atomic mass is 16.5. The zero-order valence-electron chi connectivity index (χ0n) is 37.8. The van der Waals surface area contributed by atoms with E-state index in [2.05, 4.69) is 38.2 Å². The Morgan fingerprint density at radius 2 is 0.857 bits per heavy atom. The Hall–Kier alpha value is -1.40. The minimum atomic E-state index is -0.784. The van der Waals surface area contributed by atoms with Crippen LogP contribution >= 0.6 is 0 Å². The second kappa shape index (κ2) is 44.7. The van der Waals surface area contributed by atoms with Crippen molar-refractivity contribution in [1.29, 1.82) is 0 Å². The third kappa shape index (κ3) is 39.4. The van der Waals surface area contributed by atoms with Gasteiger partial charge in [-0.3, -0.25) is 9.59 Å². The molecule has 0 spiro atoms. The van der Waals surface area contributed by atoms with Crippen molar-refractivity contribution in [2.75, 3.05) is 6.61 Å². The van der Waals surface area contributed by atoms with Gasteiger partial charge >= 0.3 is 5.97 Å². The van der Waals surface area contributed by atoms with Crippen LogP contribution in [0.4, 0.5) is 0 Å². The number of carbonyl (C=O) groups is 2. The maximum atomic E-state index is 13.1. The van der Waals surface area contributed by atoms with Gasteiger partial charge in [-0.15, -0.1) is 0 Å². The van der Waals surface area contributed by atoms with Crippen molar-refractivity contribution in [3.05, 3.63) is 12.2 Å². The molecule has 0 rings (SSSR count). The molecule has 0 aliphatic carbocycles. The number of amides is 1. The lowest BCUT2D eigenvalue weighted by Gasteiger charge is -2.24. The van der Waals surface area contributed by atoms with Gasteiger partial charge < -0.3 is 20.3 Å². The van der Waals surface area contributed by atoms with E-state index in [0.29, 0.717) is 19.3 Å². The fourth-order valence-corrected chi connectivity index (χ4v) is 7.78. The minimum Gasteiger partial charge on any atom is -0.462 e. The van der Waals surface area contributed by atoms with Crippen LogP contribution in [0.5, 0.6) is 0 Å². The average molecular weight is 792 g/mol. The van der Waals surface area contributed by atoms with Crippen molar-refractivity contribution < 1.29 is 24.5 Å². The molecule has 0 fully saturated rings. The van der Waals surface area contributed by atoms with E-state index in [-0.39, 0.29) is 24.9 Å². The van der Waals surface area contributed by atoms with Crippen molar-refractivity contribution in [2.24, 2.45) is 0 Å². The van der Waals surface area contributed by atoms with Crippen LogP contribution in [0.25, 0.3) is 0 Å². The molecule has 3 unspecified atom stereocenters. The summed E-state index contributed by atoms with van der Waals surface area (Å²) in [6.07, 6.45) is 48.4. The van der Waals surface area contributed by atoms with Crippen LogP contribution in [0.3, 0.4) is 0 Å². The van der Waals surface area contributed by atoms with Gasteiger partial charge in [-0.1, -0.05) is 219 Å². The number of aliphatic hydroxyl groups is 2. The second-order valence-corrected chi connectivity index (χ2v) is 17.2. The van der Waals surface area contributed by atoms with Gasteiger partial charge in [-0.2, -0.15) is 0 Å². The van der Waals surface area contributed by atoms with Crippen molar-refractivity contribution in [2.45, 2.75) is 289 Å². The molecule has 0 aromatic carbocycles. The molecule has 0 aromatic rings. The Kier molecular flexibility index (Phi) is 43.6. The summed E-state index contributed by atoms with van der Waals surface area (Å²) in [4.78, 5) is 26.0. The van der Waals surface area contributed by atoms with Crippen LogP contribution in [0, 0.1) is 0 Å². The Morgan fingerprint density at radius 1 is 0.500 bits per heavy atom. The number of ether oxygens (including phenoxy) is 1. The predicted molar refractivity (Wildman–Crippen MR) is 241 cm³/mol. The standard InChI is InChI=1S/C50H97NO5/c1-4-7-10-13-16-19-22-23-24-25-26-28-29-32-35-38-41-46(56-50(55)43-40-37-34-31-27-20-17-14-11-8-5-2)44-49(54)51-47(45-52)48(53)42-39-36-33-30-21-18-15-12-9-6-3/h26,28,46-48,52-53H,4-25,27,29-45H2,1-3H3,(H,51,54)/b28-26+. The first-order valence-electron chi connectivity index (χ1n) is 24.9. The number of unbranched alkanes of at least 4 members (excludes halogenated alkanes) is 31. The summed E-state index contributed by atoms with van der Waals surface area (Å²) >= 11 is 0. The lowest BCUT2D eigenvalue weighted by Crippen LogP contribution is -2.46. The van der Waals surface area contributed by atoms with E-state index in [0.717, 1.165) is 57.8 Å². The molecular formula is C50H97NO5. The molecule has 0 aliphatic rings. The van der Waals surface area contributed by atoms with Crippen LogP contribution in [-0.4, -0.2) is 46.9 Å². The summed E-state index contributed by atoms with van der Waals surface area (Å²) in [5.74, 6) is -0.476. The first-order valence-corrected chi connectivity index (χ1v) is 24.9. The number of aliphatic hydroxyl groups excluding tert-OH is 2. The summed E-state index contributed by atoms with van der Waals surface area (Å²) in [7, 11) is 0. The molecule has 1 amide bonds. The fraction of sp³-hybridized carbons (Fsp3) is 0.920. The van der Waals surface area contributed by atoms with Crippen molar-refractivity contribution in [3.8, 4) is 0 Å². The van der Waals surface area contributed by atoms with Gasteiger partial charge in [0.25, 0.3) is 0 Å². The van der Waals surface area contributed by atoms with Crippen LogP contribution in [0.15, 0.2) is 12.2 Å². The summed E-state index contributed by atoms with van der Waals surface area (Å²) in [6, 6.07) is -0.698. The number of esters is 1. The molecule has 6 heteroatoms. The van der Waals surface area contributed by atoms with Gasteiger partial charge in [0, 0.05) is 6.42 Å². The Morgan fingerprint density at radius 3 is 1.29 bits per heavy atom. The zero-order chi connectivity index (χ0) is 41.0. The molecular weight excluding hydrogens is 695 g/mol. The average Bonchev–Trinajstić information content (AvgIpc) is 3.19. The van der Waals surface area contributed by atoms with E-state index in [1.54, 1.807) is 0 Å². The molecule has 0 radical (unpaired) electrons. The number of allylic oxidation sites excluding steroid dienone is 2. The molecule has 0 heterocycles. The maximum Gasteiger partial charge on any atom is 0.306 e. The first-order chi connectivity index (χ1) is 27.5. The van der Waals surface area contributed by atoms with Gasteiger partial charge in [0.05, 0.1) is 25.2 Å². The summed E-state index contributed by atoms with van der Waals surface area (Å²) in [5.41, 5.74) is 0. The lowest BCUT2D eigenvalue weighted by molar-refractivity contribution is -0.151. The molecule has 0 aliphatic heterocycles. The van der Waals surface area contributed by atoms with E-state index in [9.17, 15) is 19.8 Å². The number of nitrogens with one attached hydrogen (secondary N) is 1. The SMILES string of the molecule is CCCCCCCCCCC/C=C/CCCCCC(CC(=O)NC(CO)C(O)CCCCCCCCCCCC)OC(=O)CCCCCCCCCCCCC. The number of hydrogen-bond donors (Lipinski definition) is 3. The number of rotatable bonds is 45. The topological polar surface area (TPSA) is 95.9 Å². The first kappa shape index (κ1) is 54.6. The quantitative estimate of drug-likeness (QED) is 0.0324. The molecule has 3 atom stereocenters. The highest BCUT2D eigenvalue weighted by molar-refractivity contribution is 5.77. The van der Waals surface area contributed by atoms with Crippen LogP contribution in [0.1, 0.15) is 271 Å². The maximum absolute atomic E-state index is 13.1. The Labute approximate surface area is 349 Å². The Balaban J connectivity index is 4.57. The summed E-state index contributed by atoms with van der Waals surface area (Å²) < 4.78 is 5.91. The van der Waals surface area contributed by atoms with E-state index in [1.807, 2.05) is 0 Å².